The molecule has 0 saturated heterocycles. The van der Waals surface area contributed by atoms with E-state index in [-0.39, 0.29) is 41.4 Å². The highest BCUT2D eigenvalue weighted by molar-refractivity contribution is 8.00. The van der Waals surface area contributed by atoms with Gasteiger partial charge >= 0.3 is 5.97 Å². The van der Waals surface area contributed by atoms with E-state index in [0.717, 1.165) is 16.7 Å². The molecule has 4 fully saturated rings. The van der Waals surface area contributed by atoms with Gasteiger partial charge in [-0.25, -0.2) is 0 Å². The lowest BCUT2D eigenvalue weighted by Crippen LogP contribution is -2.55. The summed E-state index contributed by atoms with van der Waals surface area (Å²) in [7, 11) is 1.45. The van der Waals surface area contributed by atoms with E-state index < -0.39 is 17.9 Å². The molecule has 194 valence electrons. The number of carbonyl (C=O) groups excluding carboxylic acids is 2. The Hall–Kier alpha value is -2.23. The number of thioether (sulfide) groups is 1. The number of carbonyl (C=O) groups is 3. The number of rotatable bonds is 10. The van der Waals surface area contributed by atoms with Crippen LogP contribution in [0.3, 0.4) is 0 Å². The van der Waals surface area contributed by atoms with Gasteiger partial charge in [0.15, 0.2) is 0 Å². The van der Waals surface area contributed by atoms with E-state index in [2.05, 4.69) is 10.5 Å². The van der Waals surface area contributed by atoms with Crippen LogP contribution in [0.2, 0.25) is 0 Å². The van der Waals surface area contributed by atoms with E-state index in [9.17, 15) is 14.4 Å². The molecule has 1 aromatic rings. The average molecular weight is 508 g/mol. The number of carboxylic acid groups (broad SMARTS) is 1. The Balaban J connectivity index is 1.45. The first-order valence-corrected chi connectivity index (χ1v) is 13.4. The summed E-state index contributed by atoms with van der Waals surface area (Å²) in [5, 5.41) is 16.4. The topological polar surface area (TPSA) is 122 Å². The quantitative estimate of drug-likeness (QED) is 0.460. The van der Waals surface area contributed by atoms with Gasteiger partial charge in [-0.2, -0.15) is 0 Å². The van der Waals surface area contributed by atoms with Gasteiger partial charge in [0.2, 0.25) is 11.7 Å². The fourth-order valence-electron chi connectivity index (χ4n) is 6.32. The zero-order valence-corrected chi connectivity index (χ0v) is 22.0. The van der Waals surface area contributed by atoms with Crippen LogP contribution in [0, 0.1) is 29.1 Å². The first-order valence-electron chi connectivity index (χ1n) is 12.5. The van der Waals surface area contributed by atoms with Crippen molar-refractivity contribution in [2.75, 3.05) is 20.2 Å². The molecule has 4 aliphatic rings. The number of ether oxygens (including phenoxy) is 1. The molecule has 2 amide bonds. The number of nitrogens with one attached hydrogen (secondary N) is 1. The second-order valence-corrected chi connectivity index (χ2v) is 13.1. The molecule has 5 rings (SSSR count). The molecule has 0 atom stereocenters. The van der Waals surface area contributed by atoms with E-state index in [1.807, 2.05) is 13.8 Å². The number of aromatic nitrogens is 1. The zero-order chi connectivity index (χ0) is 25.5. The van der Waals surface area contributed by atoms with E-state index in [1.165, 1.54) is 50.9 Å². The number of likely N-dealkylation sites (N-methyl/N-ethyl adjacent to an activating group) is 1. The Labute approximate surface area is 210 Å². The van der Waals surface area contributed by atoms with Gasteiger partial charge in [-0.05, 0) is 74.8 Å². The molecule has 1 aromatic heterocycles. The van der Waals surface area contributed by atoms with Crippen LogP contribution in [0.4, 0.5) is 0 Å². The van der Waals surface area contributed by atoms with E-state index in [0.29, 0.717) is 16.7 Å². The molecule has 4 bridgehead atoms. The third-order valence-corrected chi connectivity index (χ3v) is 8.64. The summed E-state index contributed by atoms with van der Waals surface area (Å²) in [6.07, 6.45) is 6.17. The maximum Gasteiger partial charge on any atom is 0.323 e. The molecule has 4 saturated carbocycles. The molecule has 0 unspecified atom stereocenters. The average Bonchev–Trinajstić information content (AvgIpc) is 3.15. The summed E-state index contributed by atoms with van der Waals surface area (Å²) >= 11 is 1.44. The fraction of sp³-hybridized carbons (Fsp3) is 0.760. The third-order valence-electron chi connectivity index (χ3n) is 7.57. The zero-order valence-electron chi connectivity index (χ0n) is 21.2. The van der Waals surface area contributed by atoms with Crippen molar-refractivity contribution in [2.45, 2.75) is 76.0 Å². The minimum absolute atomic E-state index is 0.0371. The second-order valence-electron chi connectivity index (χ2n) is 11.5. The Morgan fingerprint density at radius 2 is 1.77 bits per heavy atom. The van der Waals surface area contributed by atoms with Gasteiger partial charge in [-0.3, -0.25) is 14.4 Å². The number of hydrogen-bond acceptors (Lipinski definition) is 7. The van der Waals surface area contributed by atoms with Crippen LogP contribution in [0.25, 0.3) is 0 Å². The van der Waals surface area contributed by atoms with Crippen molar-refractivity contribution in [3.63, 3.8) is 0 Å². The molecule has 10 heteroatoms. The van der Waals surface area contributed by atoms with Crippen LogP contribution >= 0.6 is 11.8 Å². The van der Waals surface area contributed by atoms with E-state index in [4.69, 9.17) is 14.4 Å². The van der Waals surface area contributed by atoms with E-state index in [1.54, 1.807) is 13.8 Å². The summed E-state index contributed by atoms with van der Waals surface area (Å²) in [6, 6.07) is 0.183. The Kier molecular flexibility index (Phi) is 7.41. The highest BCUT2D eigenvalue weighted by atomic mass is 32.2. The molecule has 2 N–H and O–H groups in total. The highest BCUT2D eigenvalue weighted by Crippen LogP contribution is 2.53. The van der Waals surface area contributed by atoms with Crippen molar-refractivity contribution < 1.29 is 28.8 Å². The molecule has 4 aliphatic carbocycles. The molecule has 0 radical (unpaired) electrons. The monoisotopic (exact) mass is 507 g/mol. The van der Waals surface area contributed by atoms with Crippen molar-refractivity contribution in [2.24, 2.45) is 29.1 Å². The summed E-state index contributed by atoms with van der Waals surface area (Å²) in [5.74, 6) is 1.37. The fourth-order valence-corrected chi connectivity index (χ4v) is 7.23. The first kappa shape index (κ1) is 25.9. The minimum atomic E-state index is -1.08. The Bertz CT molecular complexity index is 946. The minimum Gasteiger partial charge on any atom is -0.480 e. The van der Waals surface area contributed by atoms with Gasteiger partial charge in [0, 0.05) is 18.3 Å². The molecule has 9 nitrogen and oxygen atoms in total. The third kappa shape index (κ3) is 5.62. The summed E-state index contributed by atoms with van der Waals surface area (Å²) in [4.78, 5) is 38.7. The highest BCUT2D eigenvalue weighted by Gasteiger charge is 2.49. The van der Waals surface area contributed by atoms with Crippen LogP contribution in [0.1, 0.15) is 70.4 Å². The summed E-state index contributed by atoms with van der Waals surface area (Å²) in [5.41, 5.74) is -0.994. The molecule has 35 heavy (non-hydrogen) atoms. The first-order chi connectivity index (χ1) is 16.4. The molecule has 0 spiro atoms. The standard InChI is InChI=1S/C25H37N3O6S/c1-13(2)35-21-20(22(31)26-19-16-7-14-6-15(9-16)10-17(19)8-14)34-27-23(21)33-12-25(3,4)24(32)28(5)11-18(29)30/h13-17,19H,6-12H2,1-5H3,(H,26,31)(H,29,30). The van der Waals surface area contributed by atoms with Crippen molar-refractivity contribution in [1.82, 2.24) is 15.4 Å². The summed E-state index contributed by atoms with van der Waals surface area (Å²) in [6.45, 7) is 6.96. The number of carboxylic acids is 1. The predicted octanol–water partition coefficient (Wildman–Crippen LogP) is 3.68. The van der Waals surface area contributed by atoms with Gasteiger partial charge in [0.1, 0.15) is 18.0 Å². The van der Waals surface area contributed by atoms with Crippen LogP contribution in [0.5, 0.6) is 5.88 Å². The Morgan fingerprint density at radius 3 is 2.31 bits per heavy atom. The largest absolute Gasteiger partial charge is 0.480 e. The van der Waals surface area contributed by atoms with Crippen molar-refractivity contribution >= 4 is 29.5 Å². The lowest BCUT2D eigenvalue weighted by atomic mass is 9.54. The van der Waals surface area contributed by atoms with Gasteiger partial charge in [-0.15, -0.1) is 11.8 Å². The van der Waals surface area contributed by atoms with Crippen molar-refractivity contribution in [1.29, 1.82) is 0 Å². The predicted molar refractivity (Wildman–Crippen MR) is 130 cm³/mol. The van der Waals surface area contributed by atoms with Crippen molar-refractivity contribution in [3.05, 3.63) is 5.76 Å². The van der Waals surface area contributed by atoms with Gasteiger partial charge in [-0.1, -0.05) is 13.8 Å². The summed E-state index contributed by atoms with van der Waals surface area (Å²) < 4.78 is 11.4. The maximum atomic E-state index is 13.3. The second kappa shape index (κ2) is 10.0. The lowest BCUT2D eigenvalue weighted by Gasteiger charge is -2.54. The SMILES string of the molecule is CC(C)Sc1c(OCC(C)(C)C(=O)N(C)CC(=O)O)noc1C(=O)NC1C2CC3CC(C2)CC1C3. The normalized spacial score (nSPS) is 27.2. The number of nitrogens with zero attached hydrogens (tertiary/aromatic N) is 2. The number of aliphatic carboxylic acids is 1. The molecule has 1 heterocycles. The smallest absolute Gasteiger partial charge is 0.323 e. The molecule has 0 aromatic carbocycles. The van der Waals surface area contributed by atoms with Gasteiger partial charge < -0.3 is 24.6 Å². The lowest BCUT2D eigenvalue weighted by molar-refractivity contribution is -0.148. The van der Waals surface area contributed by atoms with Crippen molar-refractivity contribution in [3.8, 4) is 5.88 Å². The maximum absolute atomic E-state index is 13.3. The van der Waals surface area contributed by atoms with Crippen LogP contribution in [0.15, 0.2) is 9.42 Å². The van der Waals surface area contributed by atoms with E-state index >= 15 is 0 Å². The molecule has 0 aliphatic heterocycles. The molecular formula is C25H37N3O6S. The van der Waals surface area contributed by atoms with Crippen LogP contribution in [-0.2, 0) is 9.59 Å². The molecular weight excluding hydrogens is 470 g/mol. The van der Waals surface area contributed by atoms with Gasteiger partial charge in [0.05, 0.1) is 5.41 Å². The van der Waals surface area contributed by atoms with Crippen LogP contribution in [-0.4, -0.2) is 64.4 Å². The van der Waals surface area contributed by atoms with Gasteiger partial charge in [0.25, 0.3) is 11.8 Å². The number of hydrogen-bond donors (Lipinski definition) is 2. The Morgan fingerprint density at radius 1 is 1.17 bits per heavy atom. The number of amides is 2. The van der Waals surface area contributed by atoms with Crippen LogP contribution < -0.4 is 10.1 Å².